The van der Waals surface area contributed by atoms with E-state index in [1.807, 2.05) is 30.3 Å². The predicted molar refractivity (Wildman–Crippen MR) is 147 cm³/mol. The van der Waals surface area contributed by atoms with Crippen LogP contribution in [-0.2, 0) is 22.6 Å². The number of nitrogens with zero attached hydrogens (tertiary/aromatic N) is 3. The van der Waals surface area contributed by atoms with Crippen LogP contribution in [0.25, 0.3) is 6.08 Å². The summed E-state index contributed by atoms with van der Waals surface area (Å²) in [4.78, 5) is 18.1. The summed E-state index contributed by atoms with van der Waals surface area (Å²) in [5, 5.41) is 9.77. The van der Waals surface area contributed by atoms with Crippen molar-refractivity contribution < 1.29 is 24.1 Å². The minimum atomic E-state index is -0.968. The first kappa shape index (κ1) is 25.9. The van der Waals surface area contributed by atoms with Gasteiger partial charge in [-0.05, 0) is 68.1 Å². The van der Waals surface area contributed by atoms with Crippen LogP contribution in [-0.4, -0.2) is 57.9 Å². The number of ether oxygens (including phenoxy) is 3. The Bertz CT molecular complexity index is 1340. The van der Waals surface area contributed by atoms with Crippen LogP contribution in [0.1, 0.15) is 53.9 Å². The number of hydrogen-bond donors (Lipinski definition) is 1. The molecular weight excluding hydrogens is 518 g/mol. The summed E-state index contributed by atoms with van der Waals surface area (Å²) in [5.74, 6) is 2.03. The lowest BCUT2D eigenvalue weighted by molar-refractivity contribution is -0.131. The van der Waals surface area contributed by atoms with Gasteiger partial charge in [0.1, 0.15) is 12.4 Å². The summed E-state index contributed by atoms with van der Waals surface area (Å²) < 4.78 is 20.4. The van der Waals surface area contributed by atoms with Gasteiger partial charge in [0.2, 0.25) is 0 Å². The molecule has 2 unspecified atom stereocenters. The largest absolute Gasteiger partial charge is 0.485 e. The van der Waals surface area contributed by atoms with Crippen molar-refractivity contribution in [3.63, 3.8) is 0 Å². The van der Waals surface area contributed by atoms with Gasteiger partial charge in [-0.15, -0.1) is 0 Å². The summed E-state index contributed by atoms with van der Waals surface area (Å²) >= 11 is 6.05. The van der Waals surface area contributed by atoms with E-state index in [1.165, 1.54) is 5.56 Å². The molecule has 3 aromatic rings. The Morgan fingerprint density at radius 3 is 2.64 bits per heavy atom. The molecule has 2 saturated heterocycles. The standard InChI is InChI=1S/C30H32ClN3O5/c31-22-6-4-21(5-7-22)27-19-38-30-25(2-1-3-26(30)39-27)20-10-13-33(14-11-20)18-28-32-16-23(8-9-29(35)36)34(28)17-24-12-15-37-24/h1-9,16,20,24,27H,10-15,17-19H2,(H,35,36)/b9-8+. The number of aromatic nitrogens is 2. The fourth-order valence-electron chi connectivity index (χ4n) is 5.58. The van der Waals surface area contributed by atoms with Crippen LogP contribution < -0.4 is 9.47 Å². The van der Waals surface area contributed by atoms with E-state index in [0.29, 0.717) is 24.1 Å². The molecule has 3 aliphatic rings. The normalized spacial score (nSPS) is 21.7. The Balaban J connectivity index is 1.11. The number of likely N-dealkylation sites (tertiary alicyclic amines) is 1. The van der Waals surface area contributed by atoms with Crippen LogP contribution in [0, 0.1) is 0 Å². The van der Waals surface area contributed by atoms with E-state index in [2.05, 4.69) is 26.6 Å². The lowest BCUT2D eigenvalue weighted by atomic mass is 9.88. The van der Waals surface area contributed by atoms with E-state index in [9.17, 15) is 4.79 Å². The highest BCUT2D eigenvalue weighted by molar-refractivity contribution is 6.30. The molecule has 9 heteroatoms. The fourth-order valence-corrected chi connectivity index (χ4v) is 5.71. The number of hydrogen-bond acceptors (Lipinski definition) is 6. The number of benzene rings is 2. The first-order valence-corrected chi connectivity index (χ1v) is 13.9. The zero-order valence-corrected chi connectivity index (χ0v) is 22.4. The quantitative estimate of drug-likeness (QED) is 0.381. The summed E-state index contributed by atoms with van der Waals surface area (Å²) in [6.07, 6.45) is 7.57. The van der Waals surface area contributed by atoms with E-state index in [1.54, 1.807) is 12.3 Å². The molecule has 2 aromatic carbocycles. The lowest BCUT2D eigenvalue weighted by Gasteiger charge is -2.35. The van der Waals surface area contributed by atoms with E-state index in [4.69, 9.17) is 30.9 Å². The van der Waals surface area contributed by atoms with Crippen molar-refractivity contribution in [2.75, 3.05) is 26.3 Å². The molecule has 0 bridgehead atoms. The number of carboxylic acid groups (broad SMARTS) is 1. The molecule has 1 aromatic heterocycles. The smallest absolute Gasteiger partial charge is 0.328 e. The molecule has 0 spiro atoms. The molecule has 0 radical (unpaired) electrons. The van der Waals surface area contributed by atoms with Gasteiger partial charge in [-0.1, -0.05) is 35.9 Å². The van der Waals surface area contributed by atoms with E-state index >= 15 is 0 Å². The number of aliphatic carboxylic acids is 1. The topological polar surface area (TPSA) is 86.0 Å². The average molecular weight is 550 g/mol. The third kappa shape index (κ3) is 5.83. The number of carboxylic acids is 1. The Morgan fingerprint density at radius 2 is 1.92 bits per heavy atom. The monoisotopic (exact) mass is 549 g/mol. The van der Waals surface area contributed by atoms with Crippen molar-refractivity contribution in [3.05, 3.63) is 82.4 Å². The number of halogens is 1. The number of imidazole rings is 1. The first-order valence-electron chi connectivity index (χ1n) is 13.5. The molecule has 0 saturated carbocycles. The van der Waals surface area contributed by atoms with Gasteiger partial charge in [0, 0.05) is 23.3 Å². The minimum Gasteiger partial charge on any atom is -0.485 e. The Hall–Kier alpha value is -3.33. The van der Waals surface area contributed by atoms with Crippen molar-refractivity contribution in [2.45, 2.75) is 50.5 Å². The van der Waals surface area contributed by atoms with Gasteiger partial charge in [0.25, 0.3) is 0 Å². The molecule has 204 valence electrons. The maximum atomic E-state index is 11.1. The highest BCUT2D eigenvalue weighted by Crippen LogP contribution is 2.44. The fraction of sp³-hybridized carbons (Fsp3) is 0.400. The predicted octanol–water partition coefficient (Wildman–Crippen LogP) is 5.32. The molecule has 0 amide bonds. The second-order valence-electron chi connectivity index (χ2n) is 10.4. The van der Waals surface area contributed by atoms with Gasteiger partial charge < -0.3 is 23.9 Å². The molecule has 2 atom stereocenters. The molecule has 6 rings (SSSR count). The zero-order chi connectivity index (χ0) is 26.8. The maximum absolute atomic E-state index is 11.1. The third-order valence-electron chi connectivity index (χ3n) is 7.84. The molecular formula is C30H32ClN3O5. The summed E-state index contributed by atoms with van der Waals surface area (Å²) in [7, 11) is 0. The number of fused-ring (bicyclic) bond motifs is 1. The van der Waals surface area contributed by atoms with E-state index in [0.717, 1.165) is 80.2 Å². The highest BCUT2D eigenvalue weighted by atomic mass is 35.5. The maximum Gasteiger partial charge on any atom is 0.328 e. The van der Waals surface area contributed by atoms with Gasteiger partial charge in [-0.25, -0.2) is 9.78 Å². The van der Waals surface area contributed by atoms with Crippen molar-refractivity contribution in [3.8, 4) is 11.5 Å². The van der Waals surface area contributed by atoms with Gasteiger partial charge in [-0.3, -0.25) is 4.90 Å². The van der Waals surface area contributed by atoms with Gasteiger partial charge in [0.05, 0.1) is 31.1 Å². The molecule has 1 N–H and O–H groups in total. The Labute approximate surface area is 232 Å². The van der Waals surface area contributed by atoms with Crippen LogP contribution in [0.2, 0.25) is 5.02 Å². The number of para-hydroxylation sites is 1. The molecule has 8 nitrogen and oxygen atoms in total. The Kier molecular flexibility index (Phi) is 7.59. The van der Waals surface area contributed by atoms with Gasteiger partial charge in [-0.2, -0.15) is 0 Å². The van der Waals surface area contributed by atoms with Crippen LogP contribution in [0.15, 0.2) is 54.7 Å². The molecule has 2 fully saturated rings. The van der Waals surface area contributed by atoms with Crippen LogP contribution >= 0.6 is 11.6 Å². The Morgan fingerprint density at radius 1 is 1.13 bits per heavy atom. The summed E-state index contributed by atoms with van der Waals surface area (Å²) in [6.45, 7) is 4.54. The summed E-state index contributed by atoms with van der Waals surface area (Å²) in [5.41, 5.74) is 3.06. The SMILES string of the molecule is O=C(O)/C=C/c1cnc(CN2CCC(c3cccc4c3OCC(c3ccc(Cl)cc3)O4)CC2)n1CC1CCO1. The van der Waals surface area contributed by atoms with Crippen molar-refractivity contribution in [1.29, 1.82) is 0 Å². The zero-order valence-electron chi connectivity index (χ0n) is 21.7. The van der Waals surface area contributed by atoms with Crippen LogP contribution in [0.5, 0.6) is 11.5 Å². The number of rotatable bonds is 8. The van der Waals surface area contributed by atoms with Gasteiger partial charge >= 0.3 is 5.97 Å². The second-order valence-corrected chi connectivity index (χ2v) is 10.8. The lowest BCUT2D eigenvalue weighted by Crippen LogP contribution is -2.35. The minimum absolute atomic E-state index is 0.156. The molecule has 4 heterocycles. The molecule has 0 aliphatic carbocycles. The number of piperidine rings is 1. The van der Waals surface area contributed by atoms with E-state index < -0.39 is 5.97 Å². The van der Waals surface area contributed by atoms with Crippen molar-refractivity contribution >= 4 is 23.6 Å². The third-order valence-corrected chi connectivity index (χ3v) is 8.09. The second kappa shape index (κ2) is 11.4. The number of carbonyl (C=O) groups is 1. The first-order chi connectivity index (χ1) is 19.0. The van der Waals surface area contributed by atoms with Crippen molar-refractivity contribution in [1.82, 2.24) is 14.5 Å². The van der Waals surface area contributed by atoms with Crippen LogP contribution in [0.3, 0.4) is 0 Å². The van der Waals surface area contributed by atoms with Crippen molar-refractivity contribution in [2.24, 2.45) is 0 Å². The van der Waals surface area contributed by atoms with E-state index in [-0.39, 0.29) is 12.2 Å². The highest BCUT2D eigenvalue weighted by Gasteiger charge is 2.30. The van der Waals surface area contributed by atoms with Gasteiger partial charge in [0.15, 0.2) is 17.6 Å². The molecule has 3 aliphatic heterocycles. The summed E-state index contributed by atoms with van der Waals surface area (Å²) in [6, 6.07) is 13.9. The molecule has 39 heavy (non-hydrogen) atoms. The average Bonchev–Trinajstić information content (AvgIpc) is 3.30. The van der Waals surface area contributed by atoms with Crippen LogP contribution in [0.4, 0.5) is 0 Å².